The quantitative estimate of drug-likeness (QED) is 0.597. The van der Waals surface area contributed by atoms with E-state index in [-0.39, 0.29) is 19.0 Å². The van der Waals surface area contributed by atoms with Gasteiger partial charge >= 0.3 is 12.0 Å². The number of rotatable bonds is 6. The van der Waals surface area contributed by atoms with Crippen molar-refractivity contribution in [3.8, 4) is 0 Å². The van der Waals surface area contributed by atoms with Gasteiger partial charge in [-0.15, -0.1) is 0 Å². The summed E-state index contributed by atoms with van der Waals surface area (Å²) in [4.78, 5) is 21.4. The van der Waals surface area contributed by atoms with Gasteiger partial charge in [0.2, 0.25) is 0 Å². The second-order valence-corrected chi connectivity index (χ2v) is 3.83. The lowest BCUT2D eigenvalue weighted by Gasteiger charge is -2.06. The van der Waals surface area contributed by atoms with Crippen LogP contribution in [0.15, 0.2) is 11.6 Å². The molecule has 0 saturated heterocycles. The zero-order chi connectivity index (χ0) is 11.8. The van der Waals surface area contributed by atoms with Crippen molar-refractivity contribution in [2.24, 2.45) is 0 Å². The molecule has 3 N–H and O–H groups in total. The van der Waals surface area contributed by atoms with Gasteiger partial charge in [0, 0.05) is 13.1 Å². The standard InChI is InChI=1S/C11H18N2O3/c14-10(15)6-8-13-11(16)12-7-5-9-3-1-2-4-9/h3H,1-2,4-8H2,(H,14,15)(H2,12,13,16). The van der Waals surface area contributed by atoms with Crippen LogP contribution in [0.25, 0.3) is 0 Å². The minimum atomic E-state index is -0.906. The van der Waals surface area contributed by atoms with E-state index in [0.717, 1.165) is 19.3 Å². The molecule has 0 fully saturated rings. The van der Waals surface area contributed by atoms with Crippen LogP contribution in [0.1, 0.15) is 32.1 Å². The molecule has 0 saturated carbocycles. The molecule has 0 atom stereocenters. The smallest absolute Gasteiger partial charge is 0.314 e. The minimum absolute atomic E-state index is 0.0431. The Hall–Kier alpha value is -1.52. The molecular weight excluding hydrogens is 208 g/mol. The highest BCUT2D eigenvalue weighted by Crippen LogP contribution is 2.19. The monoisotopic (exact) mass is 226 g/mol. The van der Waals surface area contributed by atoms with Crippen LogP contribution in [-0.4, -0.2) is 30.2 Å². The van der Waals surface area contributed by atoms with Crippen molar-refractivity contribution in [2.45, 2.75) is 32.1 Å². The van der Waals surface area contributed by atoms with E-state index in [9.17, 15) is 9.59 Å². The summed E-state index contributed by atoms with van der Waals surface area (Å²) in [5, 5.41) is 13.6. The van der Waals surface area contributed by atoms with Crippen molar-refractivity contribution in [3.63, 3.8) is 0 Å². The summed E-state index contributed by atoms with van der Waals surface area (Å²) in [6.07, 6.45) is 6.59. The van der Waals surface area contributed by atoms with Gasteiger partial charge in [0.15, 0.2) is 0 Å². The van der Waals surface area contributed by atoms with E-state index in [2.05, 4.69) is 16.7 Å². The third kappa shape index (κ3) is 5.38. The normalized spacial score (nSPS) is 14.4. The Balaban J connectivity index is 1.99. The molecule has 16 heavy (non-hydrogen) atoms. The lowest BCUT2D eigenvalue weighted by Crippen LogP contribution is -2.37. The molecule has 1 aliphatic carbocycles. The van der Waals surface area contributed by atoms with Gasteiger partial charge in [0.1, 0.15) is 0 Å². The minimum Gasteiger partial charge on any atom is -0.481 e. The molecule has 0 aromatic rings. The fourth-order valence-electron chi connectivity index (χ4n) is 1.65. The zero-order valence-electron chi connectivity index (χ0n) is 9.29. The van der Waals surface area contributed by atoms with E-state index in [1.807, 2.05) is 0 Å². The molecule has 0 radical (unpaired) electrons. The number of amides is 2. The Labute approximate surface area is 94.9 Å². The summed E-state index contributed by atoms with van der Waals surface area (Å²) in [5.74, 6) is -0.906. The van der Waals surface area contributed by atoms with Gasteiger partial charge in [-0.3, -0.25) is 4.79 Å². The van der Waals surface area contributed by atoms with Gasteiger partial charge < -0.3 is 15.7 Å². The second-order valence-electron chi connectivity index (χ2n) is 3.83. The summed E-state index contributed by atoms with van der Waals surface area (Å²) in [6.45, 7) is 0.786. The SMILES string of the molecule is O=C(O)CCNC(=O)NCCC1=CCCC1. The van der Waals surface area contributed by atoms with E-state index in [1.54, 1.807) is 0 Å². The number of aliphatic carboxylic acids is 1. The Bertz CT molecular complexity index is 287. The maximum atomic E-state index is 11.2. The fourth-order valence-corrected chi connectivity index (χ4v) is 1.65. The lowest BCUT2D eigenvalue weighted by molar-refractivity contribution is -0.136. The number of carboxylic acid groups (broad SMARTS) is 1. The molecule has 0 aromatic heterocycles. The Morgan fingerprint density at radius 3 is 2.69 bits per heavy atom. The van der Waals surface area contributed by atoms with Crippen molar-refractivity contribution in [3.05, 3.63) is 11.6 Å². The van der Waals surface area contributed by atoms with Crippen molar-refractivity contribution >= 4 is 12.0 Å². The molecule has 1 rings (SSSR count). The van der Waals surface area contributed by atoms with Gasteiger partial charge in [0.05, 0.1) is 6.42 Å². The predicted octanol–water partition coefficient (Wildman–Crippen LogP) is 1.26. The molecule has 0 aromatic carbocycles. The molecule has 5 heteroatoms. The van der Waals surface area contributed by atoms with Gasteiger partial charge in [-0.2, -0.15) is 0 Å². The Kier molecular flexibility index (Phi) is 5.39. The summed E-state index contributed by atoms with van der Waals surface area (Å²) >= 11 is 0. The van der Waals surface area contributed by atoms with Crippen LogP contribution in [0, 0.1) is 0 Å². The lowest BCUT2D eigenvalue weighted by atomic mass is 10.2. The number of hydrogen-bond acceptors (Lipinski definition) is 2. The average Bonchev–Trinajstić information content (AvgIpc) is 2.70. The molecule has 0 spiro atoms. The third-order valence-corrected chi connectivity index (χ3v) is 2.49. The van der Waals surface area contributed by atoms with E-state index >= 15 is 0 Å². The number of nitrogens with one attached hydrogen (secondary N) is 2. The topological polar surface area (TPSA) is 78.4 Å². The van der Waals surface area contributed by atoms with Crippen molar-refractivity contribution in [1.82, 2.24) is 10.6 Å². The summed E-state index contributed by atoms with van der Waals surface area (Å²) in [5.41, 5.74) is 1.41. The van der Waals surface area contributed by atoms with Crippen LogP contribution in [0.5, 0.6) is 0 Å². The van der Waals surface area contributed by atoms with Crippen molar-refractivity contribution in [1.29, 1.82) is 0 Å². The number of urea groups is 1. The highest BCUT2D eigenvalue weighted by molar-refractivity contribution is 5.74. The third-order valence-electron chi connectivity index (χ3n) is 2.49. The number of hydrogen-bond donors (Lipinski definition) is 3. The maximum absolute atomic E-state index is 11.2. The van der Waals surface area contributed by atoms with Crippen LogP contribution in [0.3, 0.4) is 0 Å². The second kappa shape index (κ2) is 6.87. The van der Waals surface area contributed by atoms with Crippen molar-refractivity contribution < 1.29 is 14.7 Å². The Morgan fingerprint density at radius 2 is 2.06 bits per heavy atom. The highest BCUT2D eigenvalue weighted by atomic mass is 16.4. The predicted molar refractivity (Wildman–Crippen MR) is 60.2 cm³/mol. The van der Waals surface area contributed by atoms with Gasteiger partial charge in [-0.05, 0) is 25.7 Å². The van der Waals surface area contributed by atoms with E-state index in [0.29, 0.717) is 6.54 Å². The largest absolute Gasteiger partial charge is 0.481 e. The molecular formula is C11H18N2O3. The maximum Gasteiger partial charge on any atom is 0.314 e. The van der Waals surface area contributed by atoms with Gasteiger partial charge in [0.25, 0.3) is 0 Å². The molecule has 0 aliphatic heterocycles. The number of carbonyl (C=O) groups excluding carboxylic acids is 1. The van der Waals surface area contributed by atoms with Crippen LogP contribution >= 0.6 is 0 Å². The van der Waals surface area contributed by atoms with Crippen LogP contribution < -0.4 is 10.6 Å². The van der Waals surface area contributed by atoms with Gasteiger partial charge in [-0.1, -0.05) is 11.6 Å². The summed E-state index contributed by atoms with van der Waals surface area (Å²) < 4.78 is 0. The first-order valence-electron chi connectivity index (χ1n) is 5.60. The van der Waals surface area contributed by atoms with Crippen molar-refractivity contribution in [2.75, 3.05) is 13.1 Å². The first-order valence-corrected chi connectivity index (χ1v) is 5.60. The molecule has 1 aliphatic rings. The highest BCUT2D eigenvalue weighted by Gasteiger charge is 2.05. The molecule has 0 heterocycles. The summed E-state index contributed by atoms with van der Waals surface area (Å²) in [7, 11) is 0. The molecule has 0 bridgehead atoms. The van der Waals surface area contributed by atoms with Crippen LogP contribution in [0.2, 0.25) is 0 Å². The summed E-state index contributed by atoms with van der Waals surface area (Å²) in [6, 6.07) is -0.292. The van der Waals surface area contributed by atoms with E-state index in [1.165, 1.54) is 12.0 Å². The molecule has 5 nitrogen and oxygen atoms in total. The van der Waals surface area contributed by atoms with Gasteiger partial charge in [-0.25, -0.2) is 4.79 Å². The van der Waals surface area contributed by atoms with E-state index < -0.39 is 5.97 Å². The number of carboxylic acids is 1. The first kappa shape index (κ1) is 12.5. The Morgan fingerprint density at radius 1 is 1.31 bits per heavy atom. The fraction of sp³-hybridized carbons (Fsp3) is 0.636. The first-order chi connectivity index (χ1) is 7.68. The zero-order valence-corrected chi connectivity index (χ0v) is 9.29. The molecule has 90 valence electrons. The molecule has 0 unspecified atom stereocenters. The van der Waals surface area contributed by atoms with Crippen LogP contribution in [-0.2, 0) is 4.79 Å². The number of carbonyl (C=O) groups is 2. The number of allylic oxidation sites excluding steroid dienone is 1. The average molecular weight is 226 g/mol. The van der Waals surface area contributed by atoms with E-state index in [4.69, 9.17) is 5.11 Å². The molecule has 2 amide bonds. The van der Waals surface area contributed by atoms with Crippen LogP contribution in [0.4, 0.5) is 4.79 Å².